The molecule has 7 heteroatoms. The summed E-state index contributed by atoms with van der Waals surface area (Å²) >= 11 is 0. The lowest BCUT2D eigenvalue weighted by molar-refractivity contribution is 0.294. The molecule has 24 heavy (non-hydrogen) atoms. The van der Waals surface area contributed by atoms with Crippen LogP contribution in [0.5, 0.6) is 5.75 Å². The van der Waals surface area contributed by atoms with E-state index in [0.29, 0.717) is 45.9 Å². The molecule has 0 unspecified atom stereocenters. The smallest absolute Gasteiger partial charge is 0.282 e. The van der Waals surface area contributed by atoms with Gasteiger partial charge in [0.15, 0.2) is 0 Å². The normalized spacial score (nSPS) is 21.0. The van der Waals surface area contributed by atoms with Crippen LogP contribution >= 0.6 is 0 Å². The molecular formula is C17H27N3O3S. The van der Waals surface area contributed by atoms with Crippen LogP contribution in [0.1, 0.15) is 26.2 Å². The van der Waals surface area contributed by atoms with Crippen LogP contribution in [0.2, 0.25) is 0 Å². The number of benzene rings is 1. The largest absolute Gasteiger partial charge is 0.492 e. The SMILES string of the molecule is CCOc1ccccc1N1CCN(S(=O)(=O)N2CCCCC2)CC1. The van der Waals surface area contributed by atoms with Crippen LogP contribution in [0.25, 0.3) is 0 Å². The zero-order chi connectivity index (χ0) is 17.0. The molecule has 0 atom stereocenters. The van der Waals surface area contributed by atoms with Crippen molar-refractivity contribution in [3.63, 3.8) is 0 Å². The van der Waals surface area contributed by atoms with Gasteiger partial charge in [-0.05, 0) is 31.9 Å². The Bertz CT molecular complexity index is 636. The highest BCUT2D eigenvalue weighted by atomic mass is 32.2. The second kappa shape index (κ2) is 7.72. The van der Waals surface area contributed by atoms with Crippen molar-refractivity contribution in [3.8, 4) is 5.75 Å². The van der Waals surface area contributed by atoms with E-state index in [0.717, 1.165) is 30.7 Å². The van der Waals surface area contributed by atoms with E-state index in [-0.39, 0.29) is 0 Å². The van der Waals surface area contributed by atoms with Gasteiger partial charge in [-0.1, -0.05) is 18.6 Å². The predicted octanol–water partition coefficient (Wildman–Crippen LogP) is 1.94. The van der Waals surface area contributed by atoms with E-state index < -0.39 is 10.2 Å². The van der Waals surface area contributed by atoms with Crippen LogP contribution in [-0.4, -0.2) is 62.9 Å². The highest BCUT2D eigenvalue weighted by molar-refractivity contribution is 7.86. The zero-order valence-corrected chi connectivity index (χ0v) is 15.2. The molecule has 3 rings (SSSR count). The van der Waals surface area contributed by atoms with Gasteiger partial charge in [-0.3, -0.25) is 0 Å². The van der Waals surface area contributed by atoms with E-state index in [1.807, 2.05) is 31.2 Å². The number of nitrogens with zero attached hydrogens (tertiary/aromatic N) is 3. The zero-order valence-electron chi connectivity index (χ0n) is 14.4. The summed E-state index contributed by atoms with van der Waals surface area (Å²) in [6.45, 7) is 6.36. The Morgan fingerprint density at radius 1 is 0.917 bits per heavy atom. The number of rotatable bonds is 5. The molecule has 134 valence electrons. The average molecular weight is 353 g/mol. The molecule has 2 fully saturated rings. The molecular weight excluding hydrogens is 326 g/mol. The summed E-state index contributed by atoms with van der Waals surface area (Å²) in [7, 11) is -3.30. The Balaban J connectivity index is 1.65. The molecule has 2 heterocycles. The van der Waals surface area contributed by atoms with Crippen molar-refractivity contribution in [2.75, 3.05) is 50.8 Å². The second-order valence-corrected chi connectivity index (χ2v) is 8.18. The maximum atomic E-state index is 12.8. The molecule has 2 aliphatic heterocycles. The van der Waals surface area contributed by atoms with Crippen LogP contribution in [0, 0.1) is 0 Å². The molecule has 0 aliphatic carbocycles. The van der Waals surface area contributed by atoms with Gasteiger partial charge in [0.05, 0.1) is 12.3 Å². The van der Waals surface area contributed by atoms with E-state index in [1.165, 1.54) is 0 Å². The van der Waals surface area contributed by atoms with Gasteiger partial charge in [-0.2, -0.15) is 17.0 Å². The lowest BCUT2D eigenvalue weighted by Gasteiger charge is -2.38. The quantitative estimate of drug-likeness (QED) is 0.812. The second-order valence-electron chi connectivity index (χ2n) is 6.25. The fourth-order valence-corrected chi connectivity index (χ4v) is 5.09. The van der Waals surface area contributed by atoms with Crippen LogP contribution in [0.3, 0.4) is 0 Å². The summed E-state index contributed by atoms with van der Waals surface area (Å²) in [6, 6.07) is 7.97. The summed E-state index contributed by atoms with van der Waals surface area (Å²) < 4.78 is 34.5. The lowest BCUT2D eigenvalue weighted by Crippen LogP contribution is -2.54. The maximum Gasteiger partial charge on any atom is 0.282 e. The minimum absolute atomic E-state index is 0.527. The van der Waals surface area contributed by atoms with Gasteiger partial charge in [0.2, 0.25) is 0 Å². The van der Waals surface area contributed by atoms with Gasteiger partial charge in [0.1, 0.15) is 5.75 Å². The van der Waals surface area contributed by atoms with E-state index in [2.05, 4.69) is 4.90 Å². The Hall–Kier alpha value is -1.31. The van der Waals surface area contributed by atoms with Gasteiger partial charge in [0.25, 0.3) is 10.2 Å². The Labute approximate surface area is 145 Å². The third kappa shape index (κ3) is 3.68. The molecule has 2 saturated heterocycles. The molecule has 0 aromatic heterocycles. The van der Waals surface area contributed by atoms with Crippen molar-refractivity contribution in [3.05, 3.63) is 24.3 Å². The molecule has 6 nitrogen and oxygen atoms in total. The predicted molar refractivity (Wildman–Crippen MR) is 95.7 cm³/mol. The number of piperazine rings is 1. The highest BCUT2D eigenvalue weighted by Crippen LogP contribution is 2.29. The van der Waals surface area contributed by atoms with Crippen LogP contribution in [-0.2, 0) is 10.2 Å². The van der Waals surface area contributed by atoms with Crippen molar-refractivity contribution in [2.24, 2.45) is 0 Å². The third-order valence-corrected chi connectivity index (χ3v) is 6.75. The van der Waals surface area contributed by atoms with Gasteiger partial charge < -0.3 is 9.64 Å². The maximum absolute atomic E-state index is 12.8. The number of hydrogen-bond acceptors (Lipinski definition) is 4. The van der Waals surface area contributed by atoms with Crippen molar-refractivity contribution >= 4 is 15.9 Å². The summed E-state index contributed by atoms with van der Waals surface area (Å²) in [6.07, 6.45) is 3.08. The molecule has 2 aliphatic rings. The minimum atomic E-state index is -3.30. The van der Waals surface area contributed by atoms with Gasteiger partial charge >= 0.3 is 0 Å². The van der Waals surface area contributed by atoms with Crippen molar-refractivity contribution in [1.29, 1.82) is 0 Å². The molecule has 0 saturated carbocycles. The number of hydrogen-bond donors (Lipinski definition) is 0. The molecule has 1 aromatic carbocycles. The number of ether oxygens (including phenoxy) is 1. The number of piperidine rings is 1. The highest BCUT2D eigenvalue weighted by Gasteiger charge is 2.33. The topological polar surface area (TPSA) is 53.1 Å². The fourth-order valence-electron chi connectivity index (χ4n) is 3.41. The first kappa shape index (κ1) is 17.5. The van der Waals surface area contributed by atoms with Crippen LogP contribution in [0.15, 0.2) is 24.3 Å². The Morgan fingerprint density at radius 3 is 2.21 bits per heavy atom. The molecule has 0 amide bonds. The summed E-state index contributed by atoms with van der Waals surface area (Å²) in [5.74, 6) is 0.868. The van der Waals surface area contributed by atoms with Crippen molar-refractivity contribution < 1.29 is 13.2 Å². The monoisotopic (exact) mass is 353 g/mol. The third-order valence-electron chi connectivity index (χ3n) is 4.71. The fraction of sp³-hybridized carbons (Fsp3) is 0.647. The summed E-state index contributed by atoms with van der Waals surface area (Å²) in [5.41, 5.74) is 1.05. The van der Waals surface area contributed by atoms with Crippen LogP contribution < -0.4 is 9.64 Å². The molecule has 0 N–H and O–H groups in total. The first-order chi connectivity index (χ1) is 11.6. The molecule has 0 radical (unpaired) electrons. The van der Waals surface area contributed by atoms with E-state index in [9.17, 15) is 8.42 Å². The molecule has 0 bridgehead atoms. The van der Waals surface area contributed by atoms with E-state index in [4.69, 9.17) is 4.74 Å². The first-order valence-corrected chi connectivity index (χ1v) is 10.2. The number of para-hydroxylation sites is 2. The lowest BCUT2D eigenvalue weighted by atomic mass is 10.2. The summed E-state index contributed by atoms with van der Waals surface area (Å²) in [4.78, 5) is 2.22. The van der Waals surface area contributed by atoms with Gasteiger partial charge in [-0.15, -0.1) is 0 Å². The van der Waals surface area contributed by atoms with Crippen LogP contribution in [0.4, 0.5) is 5.69 Å². The van der Waals surface area contributed by atoms with Gasteiger partial charge in [0, 0.05) is 39.3 Å². The summed E-state index contributed by atoms with van der Waals surface area (Å²) in [5, 5.41) is 0. The Kier molecular flexibility index (Phi) is 5.63. The van der Waals surface area contributed by atoms with Crippen molar-refractivity contribution in [1.82, 2.24) is 8.61 Å². The molecule has 1 aromatic rings. The standard InChI is InChI=1S/C17H27N3O3S/c1-2-23-17-9-5-4-8-16(17)18-12-14-20(15-13-18)24(21,22)19-10-6-3-7-11-19/h4-5,8-9H,2-3,6-7,10-15H2,1H3. The number of anilines is 1. The van der Waals surface area contributed by atoms with E-state index in [1.54, 1.807) is 8.61 Å². The Morgan fingerprint density at radius 2 is 1.54 bits per heavy atom. The average Bonchev–Trinajstić information content (AvgIpc) is 2.63. The first-order valence-electron chi connectivity index (χ1n) is 8.85. The molecule has 0 spiro atoms. The van der Waals surface area contributed by atoms with Crippen molar-refractivity contribution in [2.45, 2.75) is 26.2 Å². The van der Waals surface area contributed by atoms with E-state index >= 15 is 0 Å². The minimum Gasteiger partial charge on any atom is -0.492 e. The van der Waals surface area contributed by atoms with Gasteiger partial charge in [-0.25, -0.2) is 0 Å².